The highest BCUT2D eigenvalue weighted by molar-refractivity contribution is 7.13. The number of ether oxygens (including phenoxy) is 1. The smallest absolute Gasteiger partial charge is 0.410 e. The molecule has 9 heteroatoms. The topological polar surface area (TPSA) is 80.6 Å². The summed E-state index contributed by atoms with van der Waals surface area (Å²) in [6, 6.07) is 9.79. The summed E-state index contributed by atoms with van der Waals surface area (Å²) in [7, 11) is 0. The third-order valence-corrected chi connectivity index (χ3v) is 6.56. The van der Waals surface area contributed by atoms with Crippen molar-refractivity contribution in [2.24, 2.45) is 0 Å². The van der Waals surface area contributed by atoms with E-state index in [0.717, 1.165) is 29.1 Å². The van der Waals surface area contributed by atoms with E-state index in [1.54, 1.807) is 21.2 Å². The maximum atomic E-state index is 13.4. The zero-order valence-corrected chi connectivity index (χ0v) is 20.9. The van der Waals surface area contributed by atoms with E-state index in [-0.39, 0.29) is 18.0 Å². The molecule has 0 aliphatic carbocycles. The molecule has 4 rings (SSSR count). The quantitative estimate of drug-likeness (QED) is 0.520. The predicted octanol–water partition coefficient (Wildman–Crippen LogP) is 4.86. The van der Waals surface area contributed by atoms with Crippen LogP contribution in [0.4, 0.5) is 4.79 Å². The lowest BCUT2D eigenvalue weighted by molar-refractivity contribution is 0.0107. The molecule has 1 aliphatic rings. The Morgan fingerprint density at radius 1 is 1.24 bits per heavy atom. The molecule has 1 atom stereocenters. The first-order valence-electron chi connectivity index (χ1n) is 11.6. The zero-order chi connectivity index (χ0) is 24.3. The van der Waals surface area contributed by atoms with Crippen LogP contribution in [-0.4, -0.2) is 67.8 Å². The molecule has 3 aromatic rings. The first kappa shape index (κ1) is 23.9. The minimum Gasteiger partial charge on any atom is -0.444 e. The molecule has 1 aromatic carbocycles. The molecular formula is C25H31N5O3S. The molecule has 34 heavy (non-hydrogen) atoms. The Morgan fingerprint density at radius 3 is 2.71 bits per heavy atom. The van der Waals surface area contributed by atoms with Gasteiger partial charge in [-0.3, -0.25) is 4.79 Å². The molecule has 3 heterocycles. The van der Waals surface area contributed by atoms with E-state index in [0.29, 0.717) is 25.3 Å². The Kier molecular flexibility index (Phi) is 7.02. The molecule has 1 saturated heterocycles. The van der Waals surface area contributed by atoms with Crippen LogP contribution < -0.4 is 0 Å². The first-order chi connectivity index (χ1) is 16.2. The van der Waals surface area contributed by atoms with E-state index in [1.807, 2.05) is 69.1 Å². The number of thiazole rings is 1. The van der Waals surface area contributed by atoms with Crippen LogP contribution in [0.3, 0.4) is 0 Å². The highest BCUT2D eigenvalue weighted by atomic mass is 32.1. The predicted molar refractivity (Wildman–Crippen MR) is 132 cm³/mol. The van der Waals surface area contributed by atoms with Gasteiger partial charge in [0.15, 0.2) is 0 Å². The normalized spacial score (nSPS) is 16.4. The summed E-state index contributed by atoms with van der Waals surface area (Å²) in [5, 5.41) is 6.98. The number of hydrogen-bond acceptors (Lipinski definition) is 6. The minimum atomic E-state index is -0.546. The largest absolute Gasteiger partial charge is 0.444 e. The molecular weight excluding hydrogens is 450 g/mol. The van der Waals surface area contributed by atoms with Gasteiger partial charge >= 0.3 is 6.09 Å². The molecule has 0 unspecified atom stereocenters. The number of rotatable bonds is 5. The summed E-state index contributed by atoms with van der Waals surface area (Å²) in [5.41, 5.74) is 1.70. The van der Waals surface area contributed by atoms with Crippen LogP contribution >= 0.6 is 11.3 Å². The lowest BCUT2D eigenvalue weighted by atomic mass is 10.0. The Bertz CT molecular complexity index is 1130. The van der Waals surface area contributed by atoms with Crippen LogP contribution in [-0.2, 0) is 4.74 Å². The van der Waals surface area contributed by atoms with Gasteiger partial charge in [-0.15, -0.1) is 11.3 Å². The van der Waals surface area contributed by atoms with Crippen molar-refractivity contribution >= 4 is 23.3 Å². The number of benzene rings is 1. The number of amides is 2. The number of aromatic nitrogens is 3. The highest BCUT2D eigenvalue weighted by Crippen LogP contribution is 2.26. The molecule has 2 aromatic heterocycles. The molecule has 0 N–H and O–H groups in total. The van der Waals surface area contributed by atoms with Crippen molar-refractivity contribution in [2.45, 2.75) is 52.2 Å². The molecule has 180 valence electrons. The van der Waals surface area contributed by atoms with Crippen LogP contribution in [0.2, 0.25) is 0 Å². The van der Waals surface area contributed by atoms with Crippen molar-refractivity contribution in [3.8, 4) is 16.3 Å². The monoisotopic (exact) mass is 481 g/mol. The Balaban J connectivity index is 1.46. The Hall–Kier alpha value is -3.20. The zero-order valence-electron chi connectivity index (χ0n) is 20.1. The van der Waals surface area contributed by atoms with Gasteiger partial charge < -0.3 is 14.5 Å². The van der Waals surface area contributed by atoms with E-state index < -0.39 is 5.60 Å². The van der Waals surface area contributed by atoms with Gasteiger partial charge in [0, 0.05) is 42.8 Å². The van der Waals surface area contributed by atoms with Crippen LogP contribution in [0.5, 0.6) is 0 Å². The molecule has 2 amide bonds. The Labute approximate surface area is 204 Å². The minimum absolute atomic E-state index is 0.0650. The summed E-state index contributed by atoms with van der Waals surface area (Å²) in [6.45, 7) is 9.19. The molecule has 0 saturated carbocycles. The van der Waals surface area contributed by atoms with Gasteiger partial charge in [0.1, 0.15) is 16.3 Å². The van der Waals surface area contributed by atoms with E-state index in [4.69, 9.17) is 4.74 Å². The lowest BCUT2D eigenvalue weighted by Gasteiger charge is -2.39. The van der Waals surface area contributed by atoms with Gasteiger partial charge in [-0.25, -0.2) is 14.5 Å². The van der Waals surface area contributed by atoms with Crippen LogP contribution in [0.1, 0.15) is 51.0 Å². The van der Waals surface area contributed by atoms with Crippen molar-refractivity contribution in [1.29, 1.82) is 0 Å². The average molecular weight is 482 g/mol. The summed E-state index contributed by atoms with van der Waals surface area (Å²) >= 11 is 1.43. The number of likely N-dealkylation sites (tertiary alicyclic amines) is 1. The number of piperidine rings is 1. The summed E-state index contributed by atoms with van der Waals surface area (Å²) in [6.07, 6.45) is 5.03. The van der Waals surface area contributed by atoms with Gasteiger partial charge in [0.25, 0.3) is 5.91 Å². The highest BCUT2D eigenvalue weighted by Gasteiger charge is 2.33. The van der Waals surface area contributed by atoms with Crippen molar-refractivity contribution in [3.63, 3.8) is 0 Å². The second kappa shape index (κ2) is 9.97. The summed E-state index contributed by atoms with van der Waals surface area (Å²) in [5.74, 6) is -0.114. The van der Waals surface area contributed by atoms with E-state index in [9.17, 15) is 9.59 Å². The molecule has 0 bridgehead atoms. The lowest BCUT2D eigenvalue weighted by Crippen LogP contribution is -2.52. The second-order valence-electron chi connectivity index (χ2n) is 9.36. The third kappa shape index (κ3) is 5.47. The van der Waals surface area contributed by atoms with Gasteiger partial charge in [-0.05, 0) is 52.7 Å². The summed E-state index contributed by atoms with van der Waals surface area (Å²) < 4.78 is 7.33. The van der Waals surface area contributed by atoms with Crippen molar-refractivity contribution < 1.29 is 14.3 Å². The number of hydrogen-bond donors (Lipinski definition) is 0. The molecule has 0 radical (unpaired) electrons. The number of likely N-dealkylation sites (N-methyl/N-ethyl adjacent to an activating group) is 1. The summed E-state index contributed by atoms with van der Waals surface area (Å²) in [4.78, 5) is 34.1. The average Bonchev–Trinajstić information content (AvgIpc) is 3.49. The number of para-hydroxylation sites is 1. The van der Waals surface area contributed by atoms with Crippen molar-refractivity contribution in [2.75, 3.05) is 19.6 Å². The fraction of sp³-hybridized carbons (Fsp3) is 0.440. The maximum absolute atomic E-state index is 13.4. The number of carbonyl (C=O) groups excluding carboxylic acids is 2. The number of nitrogens with zero attached hydrogens (tertiary/aromatic N) is 5. The Morgan fingerprint density at radius 2 is 2.00 bits per heavy atom. The van der Waals surface area contributed by atoms with Gasteiger partial charge in [-0.1, -0.05) is 18.2 Å². The molecule has 8 nitrogen and oxygen atoms in total. The van der Waals surface area contributed by atoms with Crippen LogP contribution in [0.15, 0.2) is 48.1 Å². The van der Waals surface area contributed by atoms with E-state index in [1.165, 1.54) is 11.3 Å². The standard InChI is InChI=1S/C25H31N5O3S/c1-5-29(20-12-9-13-28(16-20)24(32)33-25(2,3)4)23(31)21-17-34-22(27-21)18-14-26-30(15-18)19-10-7-6-8-11-19/h6-8,10-11,14-15,17,20H,5,9,12-13,16H2,1-4H3/t20-/m0/s1. The van der Waals surface area contributed by atoms with Crippen molar-refractivity contribution in [1.82, 2.24) is 24.6 Å². The molecule has 0 spiro atoms. The molecule has 1 aliphatic heterocycles. The van der Waals surface area contributed by atoms with Gasteiger partial charge in [-0.2, -0.15) is 5.10 Å². The molecule has 1 fully saturated rings. The fourth-order valence-electron chi connectivity index (χ4n) is 4.08. The van der Waals surface area contributed by atoms with Crippen LogP contribution in [0, 0.1) is 0 Å². The van der Waals surface area contributed by atoms with E-state index in [2.05, 4.69) is 10.1 Å². The fourth-order valence-corrected chi connectivity index (χ4v) is 4.85. The first-order valence-corrected chi connectivity index (χ1v) is 12.5. The SMILES string of the molecule is CCN(C(=O)c1csc(-c2cnn(-c3ccccc3)c2)n1)[C@H]1CCCN(C(=O)OC(C)(C)C)C1. The number of carbonyl (C=O) groups is 2. The second-order valence-corrected chi connectivity index (χ2v) is 10.2. The van der Waals surface area contributed by atoms with Gasteiger partial charge in [0.2, 0.25) is 0 Å². The van der Waals surface area contributed by atoms with Crippen LogP contribution in [0.25, 0.3) is 16.3 Å². The third-order valence-electron chi connectivity index (χ3n) is 5.66. The van der Waals surface area contributed by atoms with E-state index >= 15 is 0 Å². The van der Waals surface area contributed by atoms with Crippen molar-refractivity contribution in [3.05, 3.63) is 53.8 Å². The maximum Gasteiger partial charge on any atom is 0.410 e. The van der Waals surface area contributed by atoms with Gasteiger partial charge in [0.05, 0.1) is 11.9 Å².